The molecule has 0 spiro atoms. The number of alkyl halides is 1. The Balaban J connectivity index is 1.88. The summed E-state index contributed by atoms with van der Waals surface area (Å²) in [7, 11) is -1.99. The molecule has 0 saturated heterocycles. The highest BCUT2D eigenvalue weighted by Crippen LogP contribution is 2.17. The maximum absolute atomic E-state index is 11.9. The maximum Gasteiger partial charge on any atom is 0.365 e. The number of methoxy groups -OCH3 is 2. The molecule has 1 atom stereocenters. The monoisotopic (exact) mass is 460 g/mol. The van der Waals surface area contributed by atoms with Gasteiger partial charge in [0.1, 0.15) is 6.61 Å². The summed E-state index contributed by atoms with van der Waals surface area (Å²) in [5, 5.41) is 2.07. The van der Waals surface area contributed by atoms with Crippen LogP contribution in [0.25, 0.3) is 0 Å². The Labute approximate surface area is 176 Å². The number of urea groups is 1. The first kappa shape index (κ1) is 23.1. The van der Waals surface area contributed by atoms with E-state index < -0.39 is 34.5 Å². The van der Waals surface area contributed by atoms with Crippen molar-refractivity contribution < 1.29 is 36.4 Å². The highest BCUT2D eigenvalue weighted by Gasteiger charge is 2.22. The summed E-state index contributed by atoms with van der Waals surface area (Å²) < 4.78 is 44.5. The topological polar surface area (TPSA) is 155 Å². The average Bonchev–Trinajstić information content (AvgIpc) is 2.71. The normalized spacial score (nSPS) is 11.8. The molecule has 2 N–H and O–H groups in total. The zero-order valence-electron chi connectivity index (χ0n) is 15.7. The van der Waals surface area contributed by atoms with E-state index in [9.17, 15) is 18.0 Å². The summed E-state index contributed by atoms with van der Waals surface area (Å²) in [6.45, 7) is -0.589. The van der Waals surface area contributed by atoms with Gasteiger partial charge in [0.15, 0.2) is 5.56 Å². The van der Waals surface area contributed by atoms with Gasteiger partial charge in [0.05, 0.1) is 25.8 Å². The maximum atomic E-state index is 11.9. The molecule has 2 amide bonds. The van der Waals surface area contributed by atoms with E-state index in [4.69, 9.17) is 25.8 Å². The van der Waals surface area contributed by atoms with Gasteiger partial charge in [-0.2, -0.15) is 18.4 Å². The highest BCUT2D eigenvalue weighted by atomic mass is 35.5. The number of rotatable bonds is 9. The first-order valence-electron chi connectivity index (χ1n) is 8.07. The van der Waals surface area contributed by atoms with Gasteiger partial charge in [0.25, 0.3) is 0 Å². The fraction of sp³-hybridized carbons (Fsp3) is 0.250. The fourth-order valence-electron chi connectivity index (χ4n) is 1.90. The van der Waals surface area contributed by atoms with Gasteiger partial charge in [-0.05, 0) is 12.1 Å². The van der Waals surface area contributed by atoms with Crippen molar-refractivity contribution in [3.63, 3.8) is 0 Å². The second kappa shape index (κ2) is 10.6. The average molecular weight is 461 g/mol. The van der Waals surface area contributed by atoms with Gasteiger partial charge in [0, 0.05) is 0 Å². The van der Waals surface area contributed by atoms with Crippen LogP contribution >= 0.6 is 11.6 Å². The lowest BCUT2D eigenvalue weighted by Gasteiger charge is -2.13. The first-order chi connectivity index (χ1) is 14.2. The van der Waals surface area contributed by atoms with Gasteiger partial charge in [-0.15, -0.1) is 0 Å². The minimum atomic E-state index is -4.65. The number of nitrogens with zero attached hydrogens (tertiary/aromatic N) is 2. The third kappa shape index (κ3) is 7.35. The van der Waals surface area contributed by atoms with Gasteiger partial charge in [-0.25, -0.2) is 18.5 Å². The van der Waals surface area contributed by atoms with Crippen molar-refractivity contribution in [2.24, 2.45) is 0 Å². The van der Waals surface area contributed by atoms with Crippen LogP contribution in [0.2, 0.25) is 0 Å². The Kier molecular flexibility index (Phi) is 8.15. The minimum absolute atomic E-state index is 0.0670. The van der Waals surface area contributed by atoms with Gasteiger partial charge in [-0.3, -0.25) is 5.32 Å². The molecule has 0 bridgehead atoms. The number of hydrogen-bond donors (Lipinski definition) is 2. The molecule has 1 unspecified atom stereocenters. The molecular weight excluding hydrogens is 444 g/mol. The minimum Gasteiger partial charge on any atom is -0.481 e. The lowest BCUT2D eigenvalue weighted by Crippen LogP contribution is -2.38. The summed E-state index contributed by atoms with van der Waals surface area (Å²) in [5.41, 5.74) is -1.34. The molecule has 162 valence electrons. The summed E-state index contributed by atoms with van der Waals surface area (Å²) >= 11 is 5.71. The number of aromatic nitrogens is 2. The molecule has 30 heavy (non-hydrogen) atoms. The standard InChI is InChI=1S/C16H17ClN4O8S/c1-26-12-8-13(27-2)19-15(18-12)20-16(23)21-30(24,25)29-11(17)9-28-14(22)10-6-4-3-5-7-10/h3-8,11H,9H2,1-2H3,(H2,18,19,20,21,23). The van der Waals surface area contributed by atoms with E-state index in [1.54, 1.807) is 22.9 Å². The van der Waals surface area contributed by atoms with Crippen LogP contribution in [0, 0.1) is 0 Å². The molecule has 0 aliphatic rings. The van der Waals surface area contributed by atoms with Gasteiger partial charge in [0.2, 0.25) is 17.7 Å². The van der Waals surface area contributed by atoms with E-state index in [1.807, 2.05) is 0 Å². The molecule has 14 heteroatoms. The third-order valence-electron chi connectivity index (χ3n) is 3.13. The van der Waals surface area contributed by atoms with Crippen molar-refractivity contribution in [1.29, 1.82) is 0 Å². The number of amides is 2. The van der Waals surface area contributed by atoms with Crippen molar-refractivity contribution in [2.75, 3.05) is 26.1 Å². The SMILES string of the molecule is COc1cc(OC)nc(NC(=O)NS(=O)(=O)OC(Cl)COC(=O)c2ccccc2)n1. The molecule has 0 aliphatic carbocycles. The van der Waals surface area contributed by atoms with Crippen LogP contribution in [0.4, 0.5) is 10.7 Å². The number of hydrogen-bond acceptors (Lipinski definition) is 10. The number of ether oxygens (including phenoxy) is 3. The number of anilines is 1. The molecule has 1 heterocycles. The summed E-state index contributed by atoms with van der Waals surface area (Å²) in [6, 6.07) is 8.07. The second-order valence-electron chi connectivity index (χ2n) is 5.26. The Hall–Kier alpha value is -3.16. The van der Waals surface area contributed by atoms with Gasteiger partial charge >= 0.3 is 22.3 Å². The van der Waals surface area contributed by atoms with Crippen molar-refractivity contribution in [3.8, 4) is 11.8 Å². The van der Waals surface area contributed by atoms with E-state index in [0.29, 0.717) is 0 Å². The Bertz CT molecular complexity index is 968. The summed E-state index contributed by atoms with van der Waals surface area (Å²) in [4.78, 5) is 31.3. The molecule has 0 fully saturated rings. The smallest absolute Gasteiger partial charge is 0.365 e. The van der Waals surface area contributed by atoms with Crippen LogP contribution in [-0.2, 0) is 19.2 Å². The predicted octanol–water partition coefficient (Wildman–Crippen LogP) is 1.30. The largest absolute Gasteiger partial charge is 0.481 e. The lowest BCUT2D eigenvalue weighted by molar-refractivity contribution is 0.0417. The molecule has 0 radical (unpaired) electrons. The van der Waals surface area contributed by atoms with E-state index >= 15 is 0 Å². The molecular formula is C16H17ClN4O8S. The number of carbonyl (C=O) groups is 2. The van der Waals surface area contributed by atoms with Crippen LogP contribution in [0.15, 0.2) is 36.4 Å². The van der Waals surface area contributed by atoms with E-state index in [2.05, 4.69) is 19.5 Å². The molecule has 1 aromatic heterocycles. The molecule has 2 aromatic rings. The van der Waals surface area contributed by atoms with Gasteiger partial charge < -0.3 is 14.2 Å². The Morgan fingerprint density at radius 2 is 1.70 bits per heavy atom. The van der Waals surface area contributed by atoms with Gasteiger partial charge in [-0.1, -0.05) is 29.8 Å². The number of benzene rings is 1. The first-order valence-corrected chi connectivity index (χ1v) is 9.92. The quantitative estimate of drug-likeness (QED) is 0.413. The lowest BCUT2D eigenvalue weighted by atomic mass is 10.2. The van der Waals surface area contributed by atoms with Crippen LogP contribution in [-0.4, -0.2) is 56.8 Å². The molecule has 0 saturated carbocycles. The van der Waals surface area contributed by atoms with Crippen LogP contribution in [0.1, 0.15) is 10.4 Å². The van der Waals surface area contributed by atoms with Crippen molar-refractivity contribution in [2.45, 2.75) is 5.56 Å². The van der Waals surface area contributed by atoms with Crippen LogP contribution in [0.3, 0.4) is 0 Å². The van der Waals surface area contributed by atoms with E-state index in [-0.39, 0.29) is 23.3 Å². The zero-order valence-corrected chi connectivity index (χ0v) is 17.3. The molecule has 12 nitrogen and oxygen atoms in total. The summed E-state index contributed by atoms with van der Waals surface area (Å²) in [6.07, 6.45) is 0. The van der Waals surface area contributed by atoms with Crippen LogP contribution < -0.4 is 19.5 Å². The zero-order chi connectivity index (χ0) is 22.1. The Morgan fingerprint density at radius 1 is 1.10 bits per heavy atom. The summed E-state index contributed by atoms with van der Waals surface area (Å²) in [5.74, 6) is -0.884. The molecule has 0 aliphatic heterocycles. The number of halogens is 1. The highest BCUT2D eigenvalue weighted by molar-refractivity contribution is 7.85. The predicted molar refractivity (Wildman–Crippen MR) is 104 cm³/mol. The van der Waals surface area contributed by atoms with E-state index in [0.717, 1.165) is 0 Å². The number of nitrogens with one attached hydrogen (secondary N) is 2. The van der Waals surface area contributed by atoms with Crippen LogP contribution in [0.5, 0.6) is 11.8 Å². The van der Waals surface area contributed by atoms with Crippen molar-refractivity contribution in [1.82, 2.24) is 14.7 Å². The van der Waals surface area contributed by atoms with E-state index in [1.165, 1.54) is 32.4 Å². The fourth-order valence-corrected chi connectivity index (χ4v) is 2.90. The molecule has 2 rings (SSSR count). The molecule has 1 aromatic carbocycles. The van der Waals surface area contributed by atoms with Crippen molar-refractivity contribution in [3.05, 3.63) is 42.0 Å². The number of esters is 1. The Morgan fingerprint density at radius 3 is 2.27 bits per heavy atom. The third-order valence-corrected chi connectivity index (χ3v) is 4.37. The second-order valence-corrected chi connectivity index (χ2v) is 7.05. The number of carbonyl (C=O) groups excluding carboxylic acids is 2. The van der Waals surface area contributed by atoms with Crippen molar-refractivity contribution >= 4 is 39.9 Å².